The molecule has 2 heterocycles. The van der Waals surface area contributed by atoms with E-state index in [1.165, 1.54) is 11.8 Å². The topological polar surface area (TPSA) is 77.8 Å². The summed E-state index contributed by atoms with van der Waals surface area (Å²) in [5.41, 5.74) is 5.55. The van der Waals surface area contributed by atoms with Crippen molar-refractivity contribution in [2.75, 3.05) is 12.0 Å². The van der Waals surface area contributed by atoms with Crippen LogP contribution in [0.3, 0.4) is 0 Å². The lowest BCUT2D eigenvalue weighted by Gasteiger charge is -1.99. The van der Waals surface area contributed by atoms with E-state index in [2.05, 4.69) is 30.9 Å². The Morgan fingerprint density at radius 2 is 2.13 bits per heavy atom. The van der Waals surface area contributed by atoms with Crippen molar-refractivity contribution in [3.8, 4) is 11.6 Å². The lowest BCUT2D eigenvalue weighted by Crippen LogP contribution is -2.00. The van der Waals surface area contributed by atoms with Gasteiger partial charge in [-0.05, 0) is 34.3 Å². The first kappa shape index (κ1) is 10.4. The van der Waals surface area contributed by atoms with Crippen LogP contribution in [0.1, 0.15) is 0 Å². The van der Waals surface area contributed by atoms with Gasteiger partial charge < -0.3 is 10.2 Å². The molecule has 0 aromatic carbocycles. The van der Waals surface area contributed by atoms with Crippen LogP contribution in [-0.4, -0.2) is 21.2 Å². The number of anilines is 1. The summed E-state index contributed by atoms with van der Waals surface area (Å²) in [7, 11) is 0. The summed E-state index contributed by atoms with van der Waals surface area (Å²) in [6, 6.07) is 3.54. The molecule has 5 nitrogen and oxygen atoms in total. The number of nitrogens with two attached hydrogens (primary N) is 1. The van der Waals surface area contributed by atoms with Crippen LogP contribution in [0, 0.1) is 0 Å². The number of aromatic nitrogens is 3. The minimum atomic E-state index is 0.192. The molecule has 78 valence electrons. The third kappa shape index (κ3) is 2.29. The molecule has 0 atom stereocenters. The Morgan fingerprint density at radius 3 is 2.73 bits per heavy atom. The number of nitrogen functional groups attached to an aromatic ring is 1. The summed E-state index contributed by atoms with van der Waals surface area (Å²) in [4.78, 5) is 12.1. The summed E-state index contributed by atoms with van der Waals surface area (Å²) < 4.78 is 5.95. The zero-order chi connectivity index (χ0) is 10.8. The highest BCUT2D eigenvalue weighted by Crippen LogP contribution is 2.23. The van der Waals surface area contributed by atoms with E-state index in [0.717, 1.165) is 0 Å². The van der Waals surface area contributed by atoms with Crippen LogP contribution in [0.4, 0.5) is 5.95 Å². The van der Waals surface area contributed by atoms with Crippen molar-refractivity contribution in [2.45, 2.75) is 5.16 Å². The van der Waals surface area contributed by atoms with Gasteiger partial charge in [-0.15, -0.1) is 0 Å². The number of hydrogen-bond donors (Lipinski definition) is 1. The monoisotopic (exact) mass is 286 g/mol. The molecule has 2 rings (SSSR count). The van der Waals surface area contributed by atoms with Gasteiger partial charge >= 0.3 is 0 Å². The smallest absolute Gasteiger partial charge is 0.224 e. The highest BCUT2D eigenvalue weighted by atomic mass is 79.9. The highest BCUT2D eigenvalue weighted by molar-refractivity contribution is 9.10. The third-order valence-corrected chi connectivity index (χ3v) is 2.58. The summed E-state index contributed by atoms with van der Waals surface area (Å²) in [5, 5.41) is 0.574. The van der Waals surface area contributed by atoms with Gasteiger partial charge in [-0.3, -0.25) is 0 Å². The fourth-order valence-electron chi connectivity index (χ4n) is 1.01. The number of nitrogens with zero attached hydrogens (tertiary/aromatic N) is 3. The van der Waals surface area contributed by atoms with Crippen LogP contribution in [-0.2, 0) is 0 Å². The summed E-state index contributed by atoms with van der Waals surface area (Å²) in [6.07, 6.45) is 1.87. The average Bonchev–Trinajstić information content (AvgIpc) is 2.64. The fraction of sp³-hybridized carbons (Fsp3) is 0.125. The summed E-state index contributed by atoms with van der Waals surface area (Å²) in [5.74, 6) is 1.20. The number of halogens is 1. The predicted octanol–water partition coefficient (Wildman–Crippen LogP) is 2.20. The molecule has 0 aliphatic rings. The molecule has 2 N–H and O–H groups in total. The maximum absolute atomic E-state index is 5.55. The van der Waals surface area contributed by atoms with Gasteiger partial charge in [0.15, 0.2) is 15.6 Å². The maximum atomic E-state index is 5.55. The molecule has 7 heteroatoms. The SMILES string of the molecule is CSc1nc(N)nc(-c2ccc(Br)o2)n1. The molecule has 2 aromatic heterocycles. The molecule has 0 radical (unpaired) electrons. The number of furan rings is 1. The summed E-state index contributed by atoms with van der Waals surface area (Å²) >= 11 is 4.61. The zero-order valence-corrected chi connectivity index (χ0v) is 10.2. The number of rotatable bonds is 2. The molecule has 15 heavy (non-hydrogen) atoms. The molecule has 0 spiro atoms. The Kier molecular flexibility index (Phi) is 2.92. The molecule has 0 aliphatic heterocycles. The molecule has 0 amide bonds. The minimum Gasteiger partial charge on any atom is -0.446 e. The van der Waals surface area contributed by atoms with Crippen LogP contribution >= 0.6 is 27.7 Å². The van der Waals surface area contributed by atoms with E-state index >= 15 is 0 Å². The largest absolute Gasteiger partial charge is 0.446 e. The lowest BCUT2D eigenvalue weighted by molar-refractivity contribution is 0.550. The second-order valence-corrected chi connectivity index (χ2v) is 4.16. The molecule has 0 fully saturated rings. The van der Waals surface area contributed by atoms with Gasteiger partial charge in [-0.2, -0.15) is 15.0 Å². The summed E-state index contributed by atoms with van der Waals surface area (Å²) in [6.45, 7) is 0. The lowest BCUT2D eigenvalue weighted by atomic mass is 10.4. The molecule has 0 saturated heterocycles. The van der Waals surface area contributed by atoms with Gasteiger partial charge in [-0.25, -0.2) is 0 Å². The van der Waals surface area contributed by atoms with Crippen molar-refractivity contribution in [1.29, 1.82) is 0 Å². The van der Waals surface area contributed by atoms with Gasteiger partial charge in [0.05, 0.1) is 0 Å². The normalized spacial score (nSPS) is 10.5. The third-order valence-electron chi connectivity index (χ3n) is 1.61. The van der Waals surface area contributed by atoms with Crippen molar-refractivity contribution in [3.63, 3.8) is 0 Å². The van der Waals surface area contributed by atoms with Gasteiger partial charge in [-0.1, -0.05) is 11.8 Å². The van der Waals surface area contributed by atoms with Crippen molar-refractivity contribution in [2.24, 2.45) is 0 Å². The molecule has 0 aliphatic carbocycles. The molecular weight excluding hydrogens is 280 g/mol. The second kappa shape index (κ2) is 4.19. The van der Waals surface area contributed by atoms with Gasteiger partial charge in [0, 0.05) is 0 Å². The highest BCUT2D eigenvalue weighted by Gasteiger charge is 2.09. The zero-order valence-electron chi connectivity index (χ0n) is 7.77. The molecule has 0 unspecified atom stereocenters. The number of hydrogen-bond acceptors (Lipinski definition) is 6. The maximum Gasteiger partial charge on any atom is 0.224 e. The van der Waals surface area contributed by atoms with E-state index in [9.17, 15) is 0 Å². The van der Waals surface area contributed by atoms with Gasteiger partial charge in [0.1, 0.15) is 0 Å². The van der Waals surface area contributed by atoms with Crippen LogP contribution in [0.5, 0.6) is 0 Å². The van der Waals surface area contributed by atoms with Crippen LogP contribution < -0.4 is 5.73 Å². The molecule has 0 bridgehead atoms. The second-order valence-electron chi connectivity index (χ2n) is 2.61. The van der Waals surface area contributed by atoms with E-state index in [-0.39, 0.29) is 5.95 Å². The van der Waals surface area contributed by atoms with E-state index in [4.69, 9.17) is 10.2 Å². The van der Waals surface area contributed by atoms with E-state index < -0.39 is 0 Å². The molecular formula is C8H7BrN4OS. The Bertz CT molecular complexity index is 487. The van der Waals surface area contributed by atoms with Crippen molar-refractivity contribution < 1.29 is 4.42 Å². The van der Waals surface area contributed by atoms with Gasteiger partial charge in [0.25, 0.3) is 0 Å². The van der Waals surface area contributed by atoms with Crippen molar-refractivity contribution in [1.82, 2.24) is 15.0 Å². The van der Waals surface area contributed by atoms with E-state index in [0.29, 0.717) is 21.4 Å². The fourth-order valence-corrected chi connectivity index (χ4v) is 1.68. The first-order chi connectivity index (χ1) is 7.19. The van der Waals surface area contributed by atoms with Gasteiger partial charge in [0.2, 0.25) is 11.8 Å². The average molecular weight is 287 g/mol. The standard InChI is InChI=1S/C8H7BrN4OS/c1-15-8-12-6(11-7(10)13-8)4-2-3-5(9)14-4/h2-3H,1H3,(H2,10,11,12,13). The van der Waals surface area contributed by atoms with Crippen LogP contribution in [0.2, 0.25) is 0 Å². The Balaban J connectivity index is 2.48. The quantitative estimate of drug-likeness (QED) is 0.853. The van der Waals surface area contributed by atoms with E-state index in [1.807, 2.05) is 6.26 Å². The van der Waals surface area contributed by atoms with Crippen molar-refractivity contribution >= 4 is 33.6 Å². The first-order valence-electron chi connectivity index (χ1n) is 4.00. The van der Waals surface area contributed by atoms with Crippen LogP contribution in [0.15, 0.2) is 26.4 Å². The van der Waals surface area contributed by atoms with E-state index in [1.54, 1.807) is 12.1 Å². The molecule has 2 aromatic rings. The Labute approximate surface area is 98.6 Å². The Morgan fingerprint density at radius 1 is 1.33 bits per heavy atom. The molecule has 0 saturated carbocycles. The van der Waals surface area contributed by atoms with Crippen LogP contribution in [0.25, 0.3) is 11.6 Å². The first-order valence-corrected chi connectivity index (χ1v) is 6.02. The Hall–Kier alpha value is -1.08. The minimum absolute atomic E-state index is 0.192. The predicted molar refractivity (Wildman–Crippen MR) is 61.4 cm³/mol. The van der Waals surface area contributed by atoms with Crippen molar-refractivity contribution in [3.05, 3.63) is 16.8 Å². The number of thioether (sulfide) groups is 1.